The first-order valence-corrected chi connectivity index (χ1v) is 8.53. The van der Waals surface area contributed by atoms with Gasteiger partial charge in [0.1, 0.15) is 6.54 Å². The largest absolute Gasteiger partial charge is 0.377 e. The molecule has 1 aromatic heterocycles. The first-order chi connectivity index (χ1) is 11.6. The van der Waals surface area contributed by atoms with Crippen LogP contribution in [0.3, 0.4) is 0 Å². The maximum atomic E-state index is 12.8. The summed E-state index contributed by atoms with van der Waals surface area (Å²) >= 11 is 6.05. The van der Waals surface area contributed by atoms with E-state index in [2.05, 4.69) is 4.98 Å². The number of halogens is 1. The van der Waals surface area contributed by atoms with E-state index in [9.17, 15) is 9.59 Å². The van der Waals surface area contributed by atoms with Crippen molar-refractivity contribution in [1.82, 2.24) is 14.5 Å². The first kappa shape index (κ1) is 15.6. The van der Waals surface area contributed by atoms with E-state index in [1.807, 2.05) is 4.90 Å². The lowest BCUT2D eigenvalue weighted by molar-refractivity contribution is -0.141. The third-order valence-electron chi connectivity index (χ3n) is 4.75. The minimum Gasteiger partial charge on any atom is -0.377 e. The lowest BCUT2D eigenvalue weighted by Crippen LogP contribution is -2.51. The number of amides is 1. The van der Waals surface area contributed by atoms with Crippen LogP contribution in [-0.4, -0.2) is 46.2 Å². The Morgan fingerprint density at radius 3 is 3.00 bits per heavy atom. The molecule has 4 rings (SSSR count). The second-order valence-electron chi connectivity index (χ2n) is 6.38. The molecular formula is C17H18ClN3O3. The van der Waals surface area contributed by atoms with Crippen molar-refractivity contribution in [1.29, 1.82) is 0 Å². The maximum Gasteiger partial charge on any atom is 0.269 e. The monoisotopic (exact) mass is 347 g/mol. The average molecular weight is 348 g/mol. The van der Waals surface area contributed by atoms with Crippen LogP contribution in [0.1, 0.15) is 12.8 Å². The van der Waals surface area contributed by atoms with Gasteiger partial charge in [-0.05, 0) is 37.0 Å². The molecule has 1 atom stereocenters. The van der Waals surface area contributed by atoms with E-state index < -0.39 is 0 Å². The normalized spacial score (nSPS) is 21.2. The van der Waals surface area contributed by atoms with Crippen LogP contribution < -0.4 is 5.56 Å². The topological polar surface area (TPSA) is 64.4 Å². The van der Waals surface area contributed by atoms with Gasteiger partial charge in [0.2, 0.25) is 5.91 Å². The predicted octanol–water partition coefficient (Wildman–Crippen LogP) is 1.69. The molecule has 0 radical (unpaired) electrons. The quantitative estimate of drug-likeness (QED) is 0.847. The maximum absolute atomic E-state index is 12.8. The molecule has 24 heavy (non-hydrogen) atoms. The molecule has 1 saturated carbocycles. The zero-order chi connectivity index (χ0) is 16.7. The predicted molar refractivity (Wildman–Crippen MR) is 90.1 cm³/mol. The Kier molecular flexibility index (Phi) is 4.02. The number of fused-ring (bicyclic) bond motifs is 1. The minimum atomic E-state index is -0.297. The second kappa shape index (κ2) is 6.18. The van der Waals surface area contributed by atoms with Crippen molar-refractivity contribution >= 4 is 28.5 Å². The van der Waals surface area contributed by atoms with Crippen molar-refractivity contribution in [2.24, 2.45) is 5.92 Å². The molecule has 1 amide bonds. The van der Waals surface area contributed by atoms with Gasteiger partial charge in [0, 0.05) is 11.6 Å². The number of carbonyl (C=O) groups is 1. The Labute approximate surface area is 144 Å². The number of morpholine rings is 1. The number of nitrogens with zero attached hydrogens (tertiary/aromatic N) is 3. The van der Waals surface area contributed by atoms with Crippen LogP contribution in [0.5, 0.6) is 0 Å². The van der Waals surface area contributed by atoms with Gasteiger partial charge >= 0.3 is 0 Å². The summed E-state index contributed by atoms with van der Waals surface area (Å²) in [6.07, 6.45) is 3.54. The van der Waals surface area contributed by atoms with E-state index in [0.717, 1.165) is 12.8 Å². The fourth-order valence-electron chi connectivity index (χ4n) is 3.33. The second-order valence-corrected chi connectivity index (χ2v) is 6.82. The van der Waals surface area contributed by atoms with Crippen LogP contribution in [0.2, 0.25) is 5.02 Å². The van der Waals surface area contributed by atoms with Gasteiger partial charge < -0.3 is 9.64 Å². The molecule has 0 spiro atoms. The Bertz CT molecular complexity index is 847. The molecule has 6 nitrogen and oxygen atoms in total. The van der Waals surface area contributed by atoms with Crippen LogP contribution >= 0.6 is 11.6 Å². The third kappa shape index (κ3) is 2.91. The third-order valence-corrected chi connectivity index (χ3v) is 4.99. The SMILES string of the molecule is O=C(Cn1c(=O)cnc2ccc(Cl)cc21)N1CCOCC1C1CC1. The summed E-state index contributed by atoms with van der Waals surface area (Å²) < 4.78 is 6.99. The van der Waals surface area contributed by atoms with Crippen molar-refractivity contribution < 1.29 is 9.53 Å². The standard InChI is InChI=1S/C17H18ClN3O3/c18-12-3-4-13-14(7-12)21(16(22)8-19-13)9-17(23)20-5-6-24-10-15(20)11-1-2-11/h3-4,7-8,11,15H,1-2,5-6,9-10H2. The molecule has 2 fully saturated rings. The number of carbonyl (C=O) groups excluding carboxylic acids is 1. The molecule has 7 heteroatoms. The molecule has 0 N–H and O–H groups in total. The summed E-state index contributed by atoms with van der Waals surface area (Å²) in [5.41, 5.74) is 0.932. The number of aromatic nitrogens is 2. The average Bonchev–Trinajstić information content (AvgIpc) is 3.42. The Morgan fingerprint density at radius 2 is 2.21 bits per heavy atom. The van der Waals surface area contributed by atoms with E-state index >= 15 is 0 Å². The van der Waals surface area contributed by atoms with E-state index in [4.69, 9.17) is 16.3 Å². The van der Waals surface area contributed by atoms with Crippen LogP contribution in [-0.2, 0) is 16.1 Å². The Hall–Kier alpha value is -1.92. The summed E-state index contributed by atoms with van der Waals surface area (Å²) in [5.74, 6) is 0.486. The highest BCUT2D eigenvalue weighted by molar-refractivity contribution is 6.31. The highest BCUT2D eigenvalue weighted by Crippen LogP contribution is 2.36. The zero-order valence-corrected chi connectivity index (χ0v) is 13.9. The van der Waals surface area contributed by atoms with Crippen molar-refractivity contribution in [3.05, 3.63) is 39.8 Å². The molecule has 1 aromatic carbocycles. The summed E-state index contributed by atoms with van der Waals surface area (Å²) in [5, 5.41) is 0.512. The van der Waals surface area contributed by atoms with Crippen LogP contribution in [0.15, 0.2) is 29.2 Å². The van der Waals surface area contributed by atoms with Crippen molar-refractivity contribution in [2.45, 2.75) is 25.4 Å². The number of ether oxygens (including phenoxy) is 1. The number of benzene rings is 1. The number of hydrogen-bond donors (Lipinski definition) is 0. The smallest absolute Gasteiger partial charge is 0.269 e. The van der Waals surface area contributed by atoms with Crippen LogP contribution in [0, 0.1) is 5.92 Å². The molecule has 2 heterocycles. The minimum absolute atomic E-state index is 0.00140. The summed E-state index contributed by atoms with van der Waals surface area (Å²) in [7, 11) is 0. The highest BCUT2D eigenvalue weighted by Gasteiger charge is 2.39. The van der Waals surface area contributed by atoms with E-state index in [1.165, 1.54) is 10.8 Å². The van der Waals surface area contributed by atoms with Crippen molar-refractivity contribution in [2.75, 3.05) is 19.8 Å². The van der Waals surface area contributed by atoms with Crippen molar-refractivity contribution in [3.8, 4) is 0 Å². The molecule has 1 aliphatic heterocycles. The van der Waals surface area contributed by atoms with Crippen LogP contribution in [0.4, 0.5) is 0 Å². The van der Waals surface area contributed by atoms with Gasteiger partial charge in [0.25, 0.3) is 5.56 Å². The van der Waals surface area contributed by atoms with E-state index in [-0.39, 0.29) is 24.1 Å². The fourth-order valence-corrected chi connectivity index (χ4v) is 3.49. The van der Waals surface area contributed by atoms with Gasteiger partial charge in [-0.15, -0.1) is 0 Å². The molecule has 0 bridgehead atoms. The molecule has 126 valence electrons. The molecule has 2 aromatic rings. The Balaban J connectivity index is 1.65. The zero-order valence-electron chi connectivity index (χ0n) is 13.2. The van der Waals surface area contributed by atoms with Gasteiger partial charge in [0.05, 0.1) is 36.5 Å². The van der Waals surface area contributed by atoms with Gasteiger partial charge in [0.15, 0.2) is 0 Å². The summed E-state index contributed by atoms with van der Waals surface area (Å²) in [6, 6.07) is 5.29. The highest BCUT2D eigenvalue weighted by atomic mass is 35.5. The van der Waals surface area contributed by atoms with E-state index in [0.29, 0.717) is 41.7 Å². The van der Waals surface area contributed by atoms with Crippen LogP contribution in [0.25, 0.3) is 11.0 Å². The van der Waals surface area contributed by atoms with Gasteiger partial charge in [-0.2, -0.15) is 0 Å². The van der Waals surface area contributed by atoms with E-state index in [1.54, 1.807) is 18.2 Å². The first-order valence-electron chi connectivity index (χ1n) is 8.16. The molecule has 1 unspecified atom stereocenters. The molecule has 1 saturated heterocycles. The Morgan fingerprint density at radius 1 is 1.38 bits per heavy atom. The lowest BCUT2D eigenvalue weighted by Gasteiger charge is -2.36. The van der Waals surface area contributed by atoms with Crippen molar-refractivity contribution in [3.63, 3.8) is 0 Å². The number of hydrogen-bond acceptors (Lipinski definition) is 4. The number of rotatable bonds is 3. The molecular weight excluding hydrogens is 330 g/mol. The lowest BCUT2D eigenvalue weighted by atomic mass is 10.1. The fraction of sp³-hybridized carbons (Fsp3) is 0.471. The molecule has 1 aliphatic carbocycles. The molecule has 2 aliphatic rings. The summed E-state index contributed by atoms with van der Waals surface area (Å²) in [4.78, 5) is 31.1. The van der Waals surface area contributed by atoms with Gasteiger partial charge in [-0.1, -0.05) is 11.6 Å². The van der Waals surface area contributed by atoms with Gasteiger partial charge in [-0.3, -0.25) is 14.2 Å². The van der Waals surface area contributed by atoms with Gasteiger partial charge in [-0.25, -0.2) is 4.98 Å². The summed E-state index contributed by atoms with van der Waals surface area (Å²) in [6.45, 7) is 1.72.